The smallest absolute Gasteiger partial charge is 0.257 e. The maximum Gasteiger partial charge on any atom is 0.257 e. The molecule has 138 valence electrons. The highest BCUT2D eigenvalue weighted by molar-refractivity contribution is 7.13. The lowest BCUT2D eigenvalue weighted by molar-refractivity contribution is -0.111. The zero-order chi connectivity index (χ0) is 19.3. The number of anilines is 2. The Bertz CT molecular complexity index is 1110. The summed E-state index contributed by atoms with van der Waals surface area (Å²) in [5.41, 5.74) is 2.43. The molecule has 0 radical (unpaired) electrons. The van der Waals surface area contributed by atoms with E-state index in [1.807, 2.05) is 24.3 Å². The third-order valence-electron chi connectivity index (χ3n) is 3.76. The van der Waals surface area contributed by atoms with E-state index in [2.05, 4.69) is 20.6 Å². The molecule has 7 nitrogen and oxygen atoms in total. The molecular weight excluding hydrogens is 376 g/mol. The van der Waals surface area contributed by atoms with E-state index in [0.717, 1.165) is 5.52 Å². The second-order valence-electron chi connectivity index (χ2n) is 5.71. The van der Waals surface area contributed by atoms with Crippen molar-refractivity contribution in [3.8, 4) is 0 Å². The van der Waals surface area contributed by atoms with Gasteiger partial charge in [-0.15, -0.1) is 11.3 Å². The molecule has 0 aliphatic carbocycles. The third-order valence-corrected chi connectivity index (χ3v) is 4.44. The zero-order valence-electron chi connectivity index (χ0n) is 14.5. The number of nitrogens with zero attached hydrogens (tertiary/aromatic N) is 2. The quantitative estimate of drug-likeness (QED) is 0.498. The minimum absolute atomic E-state index is 0.260. The molecular formula is C20H14N4O3S. The molecule has 0 fully saturated rings. The van der Waals surface area contributed by atoms with Crippen LogP contribution in [-0.2, 0) is 4.79 Å². The Hall–Kier alpha value is -3.78. The number of para-hydroxylation sites is 2. The van der Waals surface area contributed by atoms with Crippen LogP contribution in [-0.4, -0.2) is 21.8 Å². The molecule has 8 heteroatoms. The second kappa shape index (κ2) is 7.85. The average Bonchev–Trinajstić information content (AvgIpc) is 3.36. The van der Waals surface area contributed by atoms with Gasteiger partial charge < -0.3 is 9.73 Å². The van der Waals surface area contributed by atoms with Crippen molar-refractivity contribution in [2.24, 2.45) is 0 Å². The van der Waals surface area contributed by atoms with Crippen molar-refractivity contribution >= 4 is 51.1 Å². The lowest BCUT2D eigenvalue weighted by Crippen LogP contribution is -2.12. The first-order valence-electron chi connectivity index (χ1n) is 8.33. The normalized spacial score (nSPS) is 11.0. The van der Waals surface area contributed by atoms with Crippen LogP contribution in [0.1, 0.15) is 16.2 Å². The topological polar surface area (TPSA) is 97.1 Å². The van der Waals surface area contributed by atoms with Gasteiger partial charge in [-0.05, 0) is 36.4 Å². The summed E-state index contributed by atoms with van der Waals surface area (Å²) in [4.78, 5) is 32.5. The number of thiazole rings is 1. The van der Waals surface area contributed by atoms with Crippen LogP contribution < -0.4 is 10.6 Å². The Kier molecular flexibility index (Phi) is 4.94. The Morgan fingerprint density at radius 3 is 2.61 bits per heavy atom. The molecule has 0 atom stereocenters. The summed E-state index contributed by atoms with van der Waals surface area (Å²) in [7, 11) is 0. The number of carbonyl (C=O) groups is 2. The van der Waals surface area contributed by atoms with Crippen molar-refractivity contribution < 1.29 is 14.0 Å². The molecule has 28 heavy (non-hydrogen) atoms. The van der Waals surface area contributed by atoms with Crippen molar-refractivity contribution in [2.75, 3.05) is 10.6 Å². The van der Waals surface area contributed by atoms with Crippen LogP contribution >= 0.6 is 11.3 Å². The van der Waals surface area contributed by atoms with Crippen LogP contribution in [0.15, 0.2) is 70.6 Å². The van der Waals surface area contributed by atoms with Gasteiger partial charge in [0.25, 0.3) is 5.91 Å². The Morgan fingerprint density at radius 1 is 1.04 bits per heavy atom. The first-order chi connectivity index (χ1) is 13.7. The van der Waals surface area contributed by atoms with Crippen LogP contribution in [0.25, 0.3) is 17.2 Å². The molecule has 0 saturated heterocycles. The highest BCUT2D eigenvalue weighted by Crippen LogP contribution is 2.16. The molecule has 0 aliphatic heterocycles. The SMILES string of the molecule is O=C(/C=C/c1nc2ccccc2o1)Nc1ccc(C(=O)Nc2nccs2)cc1. The van der Waals surface area contributed by atoms with Gasteiger partial charge in [0.15, 0.2) is 10.7 Å². The maximum atomic E-state index is 12.1. The van der Waals surface area contributed by atoms with Crippen LogP contribution in [0.5, 0.6) is 0 Å². The molecule has 4 rings (SSSR count). The number of aromatic nitrogens is 2. The fourth-order valence-corrected chi connectivity index (χ4v) is 2.98. The first kappa shape index (κ1) is 17.6. The van der Waals surface area contributed by atoms with Gasteiger partial charge in [-0.3, -0.25) is 14.9 Å². The van der Waals surface area contributed by atoms with Crippen LogP contribution in [0, 0.1) is 0 Å². The Balaban J connectivity index is 1.37. The van der Waals surface area contributed by atoms with E-state index in [1.165, 1.54) is 23.5 Å². The van der Waals surface area contributed by atoms with E-state index >= 15 is 0 Å². The summed E-state index contributed by atoms with van der Waals surface area (Å²) >= 11 is 1.34. The van der Waals surface area contributed by atoms with Gasteiger partial charge in [0, 0.05) is 35.0 Å². The molecule has 2 amide bonds. The van der Waals surface area contributed by atoms with E-state index in [0.29, 0.717) is 27.9 Å². The number of carbonyl (C=O) groups excluding carboxylic acids is 2. The molecule has 2 aromatic carbocycles. The minimum Gasteiger partial charge on any atom is -0.437 e. The van der Waals surface area contributed by atoms with Gasteiger partial charge >= 0.3 is 0 Å². The van der Waals surface area contributed by atoms with E-state index in [4.69, 9.17) is 4.42 Å². The molecule has 0 saturated carbocycles. The number of benzene rings is 2. The molecule has 2 N–H and O–H groups in total. The molecule has 2 aromatic heterocycles. The minimum atomic E-state index is -0.331. The van der Waals surface area contributed by atoms with Crippen molar-refractivity contribution in [1.29, 1.82) is 0 Å². The molecule has 4 aromatic rings. The van der Waals surface area contributed by atoms with Crippen LogP contribution in [0.2, 0.25) is 0 Å². The first-order valence-corrected chi connectivity index (χ1v) is 9.21. The second-order valence-corrected chi connectivity index (χ2v) is 6.61. The van der Waals surface area contributed by atoms with Crippen LogP contribution in [0.3, 0.4) is 0 Å². The molecule has 0 aliphatic rings. The molecule has 0 spiro atoms. The average molecular weight is 390 g/mol. The van der Waals surface area contributed by atoms with Gasteiger partial charge in [-0.2, -0.15) is 0 Å². The highest BCUT2D eigenvalue weighted by Gasteiger charge is 2.08. The summed E-state index contributed by atoms with van der Waals surface area (Å²) < 4.78 is 5.53. The van der Waals surface area contributed by atoms with E-state index in [-0.39, 0.29) is 11.8 Å². The van der Waals surface area contributed by atoms with Crippen molar-refractivity contribution in [3.05, 3.63) is 77.6 Å². The van der Waals surface area contributed by atoms with Crippen molar-refractivity contribution in [3.63, 3.8) is 0 Å². The standard InChI is InChI=1S/C20H14N4O3S/c25-17(9-10-18-23-15-3-1-2-4-16(15)27-18)22-14-7-5-13(6-8-14)19(26)24-20-21-11-12-28-20/h1-12H,(H,22,25)(H,21,24,26)/b10-9+. The van der Waals surface area contributed by atoms with Crippen LogP contribution in [0.4, 0.5) is 10.8 Å². The fourth-order valence-electron chi connectivity index (χ4n) is 2.45. The Labute approximate surface area is 163 Å². The molecule has 0 bridgehead atoms. The summed E-state index contributed by atoms with van der Waals surface area (Å²) in [5, 5.41) is 7.74. The summed E-state index contributed by atoms with van der Waals surface area (Å²) in [5.74, 6) is -0.239. The van der Waals surface area contributed by atoms with E-state index < -0.39 is 0 Å². The van der Waals surface area contributed by atoms with Crippen molar-refractivity contribution in [1.82, 2.24) is 9.97 Å². The molecule has 2 heterocycles. The van der Waals surface area contributed by atoms with Gasteiger partial charge in [0.1, 0.15) is 5.52 Å². The predicted octanol–water partition coefficient (Wildman–Crippen LogP) is 4.19. The fraction of sp³-hybridized carbons (Fsp3) is 0. The zero-order valence-corrected chi connectivity index (χ0v) is 15.3. The number of hydrogen-bond donors (Lipinski definition) is 2. The van der Waals surface area contributed by atoms with Gasteiger partial charge in [-0.1, -0.05) is 12.1 Å². The number of amides is 2. The number of fused-ring (bicyclic) bond motifs is 1. The van der Waals surface area contributed by atoms with E-state index in [9.17, 15) is 9.59 Å². The number of nitrogens with one attached hydrogen (secondary N) is 2. The van der Waals surface area contributed by atoms with Gasteiger partial charge in [0.2, 0.25) is 11.8 Å². The predicted molar refractivity (Wildman–Crippen MR) is 108 cm³/mol. The van der Waals surface area contributed by atoms with Gasteiger partial charge in [0.05, 0.1) is 0 Å². The third kappa shape index (κ3) is 4.13. The summed E-state index contributed by atoms with van der Waals surface area (Å²) in [6.45, 7) is 0. The number of oxazole rings is 1. The van der Waals surface area contributed by atoms with E-state index in [1.54, 1.807) is 35.8 Å². The largest absolute Gasteiger partial charge is 0.437 e. The number of rotatable bonds is 5. The van der Waals surface area contributed by atoms with Crippen molar-refractivity contribution in [2.45, 2.75) is 0 Å². The lowest BCUT2D eigenvalue weighted by atomic mass is 10.2. The Morgan fingerprint density at radius 2 is 1.86 bits per heavy atom. The number of hydrogen-bond acceptors (Lipinski definition) is 6. The summed E-state index contributed by atoms with van der Waals surface area (Å²) in [6.07, 6.45) is 4.46. The maximum absolute atomic E-state index is 12.1. The lowest BCUT2D eigenvalue weighted by Gasteiger charge is -2.04. The highest BCUT2D eigenvalue weighted by atomic mass is 32.1. The van der Waals surface area contributed by atoms with Gasteiger partial charge in [-0.25, -0.2) is 9.97 Å². The summed E-state index contributed by atoms with van der Waals surface area (Å²) in [6, 6.07) is 13.9. The molecule has 0 unspecified atom stereocenters. The monoisotopic (exact) mass is 390 g/mol.